The average molecular weight is 222 g/mol. The van der Waals surface area contributed by atoms with Crippen LogP contribution < -0.4 is 10.6 Å². The number of rotatable bonds is 6. The molecule has 1 aromatic carbocycles. The highest BCUT2D eigenvalue weighted by molar-refractivity contribution is 5.78. The van der Waals surface area contributed by atoms with E-state index in [2.05, 4.69) is 10.6 Å². The van der Waals surface area contributed by atoms with Crippen molar-refractivity contribution < 1.29 is 9.90 Å². The molecule has 0 aliphatic rings. The third kappa shape index (κ3) is 4.79. The first-order valence-corrected chi connectivity index (χ1v) is 5.41. The maximum Gasteiger partial charge on any atom is 0.224 e. The van der Waals surface area contributed by atoms with Crippen LogP contribution in [-0.4, -0.2) is 31.2 Å². The number of hydrogen-bond donors (Lipinski definition) is 3. The Morgan fingerprint density at radius 3 is 2.88 bits per heavy atom. The molecule has 0 saturated carbocycles. The van der Waals surface area contributed by atoms with Crippen molar-refractivity contribution in [2.75, 3.05) is 20.1 Å². The zero-order chi connectivity index (χ0) is 11.8. The van der Waals surface area contributed by atoms with Crippen LogP contribution in [0.5, 0.6) is 5.75 Å². The highest BCUT2D eigenvalue weighted by Crippen LogP contribution is 2.10. The van der Waals surface area contributed by atoms with Gasteiger partial charge >= 0.3 is 0 Å². The summed E-state index contributed by atoms with van der Waals surface area (Å²) in [6.07, 6.45) is 1.23. The van der Waals surface area contributed by atoms with E-state index in [0.717, 1.165) is 18.5 Å². The third-order valence-electron chi connectivity index (χ3n) is 2.20. The van der Waals surface area contributed by atoms with E-state index in [1.54, 1.807) is 18.2 Å². The van der Waals surface area contributed by atoms with E-state index in [1.165, 1.54) is 0 Å². The molecule has 0 saturated heterocycles. The van der Waals surface area contributed by atoms with E-state index in [9.17, 15) is 9.90 Å². The van der Waals surface area contributed by atoms with Gasteiger partial charge in [0.2, 0.25) is 5.91 Å². The van der Waals surface area contributed by atoms with Crippen molar-refractivity contribution in [1.29, 1.82) is 0 Å². The van der Waals surface area contributed by atoms with Crippen molar-refractivity contribution in [1.82, 2.24) is 10.6 Å². The molecule has 1 aromatic rings. The summed E-state index contributed by atoms with van der Waals surface area (Å²) in [5.74, 6) is 0.183. The molecule has 1 amide bonds. The minimum absolute atomic E-state index is 0.0123. The molecule has 3 N–H and O–H groups in total. The summed E-state index contributed by atoms with van der Waals surface area (Å²) >= 11 is 0. The SMILES string of the molecule is CNCCCNC(=O)Cc1cccc(O)c1. The van der Waals surface area contributed by atoms with Crippen LogP contribution in [0.2, 0.25) is 0 Å². The number of hydrogen-bond acceptors (Lipinski definition) is 3. The van der Waals surface area contributed by atoms with Crippen LogP contribution in [0.4, 0.5) is 0 Å². The Morgan fingerprint density at radius 2 is 2.19 bits per heavy atom. The van der Waals surface area contributed by atoms with Gasteiger partial charge in [-0.15, -0.1) is 0 Å². The van der Waals surface area contributed by atoms with Gasteiger partial charge in [0.1, 0.15) is 5.75 Å². The minimum atomic E-state index is -0.0123. The standard InChI is InChI=1S/C12H18N2O2/c1-13-6-3-7-14-12(16)9-10-4-2-5-11(15)8-10/h2,4-5,8,13,15H,3,6-7,9H2,1H3,(H,14,16). The molecule has 0 spiro atoms. The van der Waals surface area contributed by atoms with Gasteiger partial charge in [-0.2, -0.15) is 0 Å². The smallest absolute Gasteiger partial charge is 0.224 e. The fourth-order valence-corrected chi connectivity index (χ4v) is 1.41. The normalized spacial score (nSPS) is 10.1. The highest BCUT2D eigenvalue weighted by Gasteiger charge is 2.02. The molecule has 0 radical (unpaired) electrons. The summed E-state index contributed by atoms with van der Waals surface area (Å²) in [4.78, 5) is 11.5. The van der Waals surface area contributed by atoms with Gasteiger partial charge in [-0.1, -0.05) is 12.1 Å². The van der Waals surface area contributed by atoms with Gasteiger partial charge in [-0.25, -0.2) is 0 Å². The third-order valence-corrected chi connectivity index (χ3v) is 2.20. The zero-order valence-corrected chi connectivity index (χ0v) is 9.49. The second-order valence-electron chi connectivity index (χ2n) is 3.65. The minimum Gasteiger partial charge on any atom is -0.508 e. The van der Waals surface area contributed by atoms with E-state index in [0.29, 0.717) is 13.0 Å². The van der Waals surface area contributed by atoms with E-state index in [1.807, 2.05) is 13.1 Å². The second kappa shape index (κ2) is 6.85. The first-order chi connectivity index (χ1) is 7.72. The number of nitrogens with one attached hydrogen (secondary N) is 2. The fourth-order valence-electron chi connectivity index (χ4n) is 1.41. The molecular formula is C12H18N2O2. The molecule has 0 bridgehead atoms. The average Bonchev–Trinajstić information content (AvgIpc) is 2.24. The molecule has 88 valence electrons. The molecule has 4 heteroatoms. The molecule has 0 aromatic heterocycles. The first kappa shape index (κ1) is 12.5. The Balaban J connectivity index is 2.29. The van der Waals surface area contributed by atoms with Gasteiger partial charge in [-0.05, 0) is 37.7 Å². The van der Waals surface area contributed by atoms with Gasteiger partial charge in [0, 0.05) is 6.54 Å². The van der Waals surface area contributed by atoms with Crippen LogP contribution in [0, 0.1) is 0 Å². The van der Waals surface area contributed by atoms with Crippen molar-refractivity contribution in [3.05, 3.63) is 29.8 Å². The molecule has 0 atom stereocenters. The molecule has 0 aliphatic heterocycles. The van der Waals surface area contributed by atoms with Gasteiger partial charge < -0.3 is 15.7 Å². The summed E-state index contributed by atoms with van der Waals surface area (Å²) in [5.41, 5.74) is 0.825. The van der Waals surface area contributed by atoms with Crippen LogP contribution in [0.3, 0.4) is 0 Å². The number of amides is 1. The molecular weight excluding hydrogens is 204 g/mol. The van der Waals surface area contributed by atoms with Crippen molar-refractivity contribution in [3.63, 3.8) is 0 Å². The lowest BCUT2D eigenvalue weighted by Crippen LogP contribution is -2.27. The van der Waals surface area contributed by atoms with Crippen molar-refractivity contribution >= 4 is 5.91 Å². The van der Waals surface area contributed by atoms with Crippen LogP contribution >= 0.6 is 0 Å². The largest absolute Gasteiger partial charge is 0.508 e. The molecule has 0 aliphatic carbocycles. The van der Waals surface area contributed by atoms with Crippen molar-refractivity contribution in [3.8, 4) is 5.75 Å². The quantitative estimate of drug-likeness (QED) is 0.620. The number of phenols is 1. The molecule has 1 rings (SSSR count). The van der Waals surface area contributed by atoms with E-state index >= 15 is 0 Å². The number of carbonyl (C=O) groups excluding carboxylic acids is 1. The van der Waals surface area contributed by atoms with Crippen LogP contribution in [0.15, 0.2) is 24.3 Å². The summed E-state index contributed by atoms with van der Waals surface area (Å²) in [6.45, 7) is 1.57. The first-order valence-electron chi connectivity index (χ1n) is 5.41. The van der Waals surface area contributed by atoms with E-state index in [-0.39, 0.29) is 11.7 Å². The highest BCUT2D eigenvalue weighted by atomic mass is 16.3. The van der Waals surface area contributed by atoms with Crippen LogP contribution in [0.25, 0.3) is 0 Å². The molecule has 4 nitrogen and oxygen atoms in total. The van der Waals surface area contributed by atoms with Crippen LogP contribution in [-0.2, 0) is 11.2 Å². The van der Waals surface area contributed by atoms with Gasteiger partial charge in [-0.3, -0.25) is 4.79 Å². The molecule has 0 unspecified atom stereocenters. The zero-order valence-electron chi connectivity index (χ0n) is 9.49. The van der Waals surface area contributed by atoms with Gasteiger partial charge in [0.25, 0.3) is 0 Å². The monoisotopic (exact) mass is 222 g/mol. The van der Waals surface area contributed by atoms with E-state index in [4.69, 9.17) is 0 Å². The van der Waals surface area contributed by atoms with Gasteiger partial charge in [0.15, 0.2) is 0 Å². The van der Waals surface area contributed by atoms with Gasteiger partial charge in [0.05, 0.1) is 6.42 Å². The summed E-state index contributed by atoms with van der Waals surface area (Å²) in [5, 5.41) is 15.1. The Labute approximate surface area is 95.7 Å². The lowest BCUT2D eigenvalue weighted by molar-refractivity contribution is -0.120. The van der Waals surface area contributed by atoms with E-state index < -0.39 is 0 Å². The van der Waals surface area contributed by atoms with Crippen molar-refractivity contribution in [2.45, 2.75) is 12.8 Å². The lowest BCUT2D eigenvalue weighted by atomic mass is 10.1. The lowest BCUT2D eigenvalue weighted by Gasteiger charge is -2.05. The predicted molar refractivity (Wildman–Crippen MR) is 63.4 cm³/mol. The van der Waals surface area contributed by atoms with Crippen LogP contribution in [0.1, 0.15) is 12.0 Å². The number of benzene rings is 1. The predicted octanol–water partition coefficient (Wildman–Crippen LogP) is 0.660. The fraction of sp³-hybridized carbons (Fsp3) is 0.417. The number of carbonyl (C=O) groups is 1. The Hall–Kier alpha value is -1.55. The maximum atomic E-state index is 11.5. The Morgan fingerprint density at radius 1 is 1.38 bits per heavy atom. The molecule has 0 fully saturated rings. The number of aromatic hydroxyl groups is 1. The topological polar surface area (TPSA) is 61.4 Å². The van der Waals surface area contributed by atoms with Crippen molar-refractivity contribution in [2.24, 2.45) is 0 Å². The molecule has 16 heavy (non-hydrogen) atoms. The Bertz CT molecular complexity index is 340. The molecule has 0 heterocycles. The summed E-state index contributed by atoms with van der Waals surface area (Å²) in [7, 11) is 1.88. The summed E-state index contributed by atoms with van der Waals surface area (Å²) < 4.78 is 0. The Kier molecular flexibility index (Phi) is 5.36. The summed E-state index contributed by atoms with van der Waals surface area (Å²) in [6, 6.07) is 6.76. The number of phenolic OH excluding ortho intramolecular Hbond substituents is 1. The maximum absolute atomic E-state index is 11.5. The second-order valence-corrected chi connectivity index (χ2v) is 3.65.